The van der Waals surface area contributed by atoms with Crippen LogP contribution in [0.15, 0.2) is 22.6 Å². The lowest BCUT2D eigenvalue weighted by atomic mass is 10.5. The van der Waals surface area contributed by atoms with Gasteiger partial charge in [-0.2, -0.15) is 4.98 Å². The highest BCUT2D eigenvalue weighted by Crippen LogP contribution is 2.13. The van der Waals surface area contributed by atoms with Crippen LogP contribution in [-0.4, -0.2) is 9.66 Å². The van der Waals surface area contributed by atoms with Gasteiger partial charge in [-0.05, 0) is 11.4 Å². The molecule has 2 N–H and O–H groups in total. The molecule has 0 spiro atoms. The second-order valence-corrected chi connectivity index (χ2v) is 3.01. The molecule has 0 aliphatic heterocycles. The lowest BCUT2D eigenvalue weighted by molar-refractivity contribution is 0.976. The van der Waals surface area contributed by atoms with Gasteiger partial charge in [0.05, 0.1) is 5.52 Å². The molecule has 56 valence electrons. The molecule has 2 rings (SSSR count). The minimum atomic E-state index is -0.211. The van der Waals surface area contributed by atoms with Crippen LogP contribution in [0.1, 0.15) is 0 Å². The van der Waals surface area contributed by atoms with E-state index in [1.807, 2.05) is 5.38 Å². The molecule has 0 saturated heterocycles. The zero-order valence-corrected chi connectivity index (χ0v) is 6.34. The van der Waals surface area contributed by atoms with Gasteiger partial charge in [0.1, 0.15) is 11.0 Å². The minimum Gasteiger partial charge on any atom is -0.338 e. The fourth-order valence-electron chi connectivity index (χ4n) is 0.901. The molecule has 4 nitrogen and oxygen atoms in total. The first-order valence-corrected chi connectivity index (χ1v) is 3.87. The van der Waals surface area contributed by atoms with Gasteiger partial charge in [-0.1, -0.05) is 0 Å². The Morgan fingerprint density at radius 3 is 3.18 bits per heavy atom. The molecule has 0 aromatic carbocycles. The number of hydrogen-bond donors (Lipinski definition) is 1. The van der Waals surface area contributed by atoms with Crippen LogP contribution in [0.25, 0.3) is 10.2 Å². The van der Waals surface area contributed by atoms with Crippen molar-refractivity contribution in [2.75, 3.05) is 5.84 Å². The summed E-state index contributed by atoms with van der Waals surface area (Å²) in [5, 5.41) is 1.82. The zero-order valence-electron chi connectivity index (χ0n) is 5.52. The summed E-state index contributed by atoms with van der Waals surface area (Å²) in [4.78, 5) is 14.6. The van der Waals surface area contributed by atoms with E-state index in [-0.39, 0.29) is 5.56 Å². The maximum Gasteiger partial charge on any atom is 0.290 e. The summed E-state index contributed by atoms with van der Waals surface area (Å²) >= 11 is 1.35. The van der Waals surface area contributed by atoms with Gasteiger partial charge in [-0.3, -0.25) is 9.47 Å². The standard InChI is InChI=1S/C6H5N3OS/c7-9-3-8-6(10)5-4(9)1-2-11-5/h1-3H,7H2. The van der Waals surface area contributed by atoms with Crippen LogP contribution < -0.4 is 11.4 Å². The number of fused-ring (bicyclic) bond motifs is 1. The van der Waals surface area contributed by atoms with Crippen molar-refractivity contribution in [2.24, 2.45) is 0 Å². The Morgan fingerprint density at radius 1 is 1.64 bits per heavy atom. The van der Waals surface area contributed by atoms with Crippen LogP contribution in [-0.2, 0) is 0 Å². The molecule has 0 bridgehead atoms. The summed E-state index contributed by atoms with van der Waals surface area (Å²) in [6.07, 6.45) is 1.32. The van der Waals surface area contributed by atoms with Gasteiger partial charge >= 0.3 is 0 Å². The summed E-state index contributed by atoms with van der Waals surface area (Å²) in [6.45, 7) is 0. The Kier molecular flexibility index (Phi) is 1.19. The second kappa shape index (κ2) is 2.06. The lowest BCUT2D eigenvalue weighted by Gasteiger charge is -1.96. The van der Waals surface area contributed by atoms with Crippen LogP contribution in [0, 0.1) is 0 Å². The van der Waals surface area contributed by atoms with Gasteiger partial charge < -0.3 is 5.84 Å². The molecule has 2 aromatic heterocycles. The Hall–Kier alpha value is -1.36. The second-order valence-electron chi connectivity index (χ2n) is 2.09. The number of nitrogens with zero attached hydrogens (tertiary/aromatic N) is 2. The van der Waals surface area contributed by atoms with Crippen molar-refractivity contribution in [1.82, 2.24) is 9.66 Å². The van der Waals surface area contributed by atoms with Gasteiger partial charge in [0.2, 0.25) is 0 Å². The predicted molar refractivity (Wildman–Crippen MR) is 44.0 cm³/mol. The molecule has 0 aliphatic carbocycles. The average Bonchev–Trinajstić information content (AvgIpc) is 2.45. The van der Waals surface area contributed by atoms with Crippen LogP contribution in [0.2, 0.25) is 0 Å². The van der Waals surface area contributed by atoms with E-state index in [2.05, 4.69) is 4.98 Å². The van der Waals surface area contributed by atoms with Crippen molar-refractivity contribution < 1.29 is 0 Å². The zero-order chi connectivity index (χ0) is 7.84. The fraction of sp³-hybridized carbons (Fsp3) is 0. The van der Waals surface area contributed by atoms with Gasteiger partial charge in [-0.15, -0.1) is 11.3 Å². The van der Waals surface area contributed by atoms with E-state index in [9.17, 15) is 4.79 Å². The molecule has 0 unspecified atom stereocenters. The van der Waals surface area contributed by atoms with E-state index in [0.717, 1.165) is 5.52 Å². The number of nitrogens with two attached hydrogens (primary N) is 1. The molecule has 0 saturated carbocycles. The molecular formula is C6H5N3OS. The number of hydrogen-bond acceptors (Lipinski definition) is 4. The molecule has 0 atom stereocenters. The van der Waals surface area contributed by atoms with Crippen LogP contribution >= 0.6 is 11.3 Å². The quantitative estimate of drug-likeness (QED) is 0.569. The van der Waals surface area contributed by atoms with Crippen LogP contribution in [0.4, 0.5) is 0 Å². The van der Waals surface area contributed by atoms with E-state index in [4.69, 9.17) is 5.84 Å². The molecule has 11 heavy (non-hydrogen) atoms. The highest BCUT2D eigenvalue weighted by atomic mass is 32.1. The predicted octanol–water partition coefficient (Wildman–Crippen LogP) is 0.172. The van der Waals surface area contributed by atoms with Crippen molar-refractivity contribution in [3.05, 3.63) is 28.1 Å². The summed E-state index contributed by atoms with van der Waals surface area (Å²) in [6, 6.07) is 1.79. The smallest absolute Gasteiger partial charge is 0.290 e. The Bertz CT molecular complexity index is 444. The van der Waals surface area contributed by atoms with Crippen LogP contribution in [0.3, 0.4) is 0 Å². The first-order valence-electron chi connectivity index (χ1n) is 2.99. The third kappa shape index (κ3) is 0.813. The SMILES string of the molecule is Nn1cnc(=O)c2sccc21. The maximum absolute atomic E-state index is 11.0. The topological polar surface area (TPSA) is 60.9 Å². The third-order valence-electron chi connectivity index (χ3n) is 1.42. The summed E-state index contributed by atoms with van der Waals surface area (Å²) < 4.78 is 1.95. The molecule has 0 aliphatic rings. The molecular weight excluding hydrogens is 162 g/mol. The molecule has 0 fully saturated rings. The van der Waals surface area contributed by atoms with Gasteiger partial charge in [-0.25, -0.2) is 0 Å². The number of thiophene rings is 1. The molecule has 2 aromatic rings. The van der Waals surface area contributed by atoms with Crippen molar-refractivity contribution in [2.45, 2.75) is 0 Å². The first-order chi connectivity index (χ1) is 5.29. The number of aromatic nitrogens is 2. The van der Waals surface area contributed by atoms with Crippen molar-refractivity contribution >= 4 is 21.6 Å². The van der Waals surface area contributed by atoms with Gasteiger partial charge in [0.25, 0.3) is 5.56 Å². The minimum absolute atomic E-state index is 0.211. The lowest BCUT2D eigenvalue weighted by Crippen LogP contribution is -2.15. The molecule has 2 heterocycles. The third-order valence-corrected chi connectivity index (χ3v) is 2.31. The van der Waals surface area contributed by atoms with Crippen LogP contribution in [0.5, 0.6) is 0 Å². The van der Waals surface area contributed by atoms with Crippen molar-refractivity contribution in [3.8, 4) is 0 Å². The Balaban J connectivity index is 3.08. The molecule has 0 radical (unpaired) electrons. The number of nitrogen functional groups attached to an aromatic ring is 1. The van der Waals surface area contributed by atoms with Crippen molar-refractivity contribution in [1.29, 1.82) is 0 Å². The largest absolute Gasteiger partial charge is 0.338 e. The maximum atomic E-state index is 11.0. The number of rotatable bonds is 0. The monoisotopic (exact) mass is 167 g/mol. The molecule has 5 heteroatoms. The Labute approximate surface area is 65.9 Å². The first kappa shape index (κ1) is 6.36. The van der Waals surface area contributed by atoms with E-state index >= 15 is 0 Å². The van der Waals surface area contributed by atoms with E-state index in [1.54, 1.807) is 6.07 Å². The average molecular weight is 167 g/mol. The van der Waals surface area contributed by atoms with Gasteiger partial charge in [0, 0.05) is 0 Å². The highest BCUT2D eigenvalue weighted by molar-refractivity contribution is 7.17. The van der Waals surface area contributed by atoms with Crippen molar-refractivity contribution in [3.63, 3.8) is 0 Å². The fourth-order valence-corrected chi connectivity index (χ4v) is 1.68. The summed E-state index contributed by atoms with van der Waals surface area (Å²) in [5.41, 5.74) is 0.520. The molecule has 0 amide bonds. The Morgan fingerprint density at radius 2 is 2.45 bits per heavy atom. The summed E-state index contributed by atoms with van der Waals surface area (Å²) in [5.74, 6) is 5.49. The normalized spacial score (nSPS) is 10.5. The summed E-state index contributed by atoms with van der Waals surface area (Å²) in [7, 11) is 0. The van der Waals surface area contributed by atoms with E-state index < -0.39 is 0 Å². The van der Waals surface area contributed by atoms with E-state index in [0.29, 0.717) is 4.70 Å². The highest BCUT2D eigenvalue weighted by Gasteiger charge is 2.01. The van der Waals surface area contributed by atoms with Gasteiger partial charge in [0.15, 0.2) is 0 Å². The van der Waals surface area contributed by atoms with E-state index in [1.165, 1.54) is 22.3 Å².